The zero-order valence-electron chi connectivity index (χ0n) is 16.8. The summed E-state index contributed by atoms with van der Waals surface area (Å²) in [4.78, 5) is 2.53. The molecule has 0 saturated heterocycles. The average molecular weight is 360 g/mol. The summed E-state index contributed by atoms with van der Waals surface area (Å²) >= 11 is 0. The van der Waals surface area contributed by atoms with Crippen molar-refractivity contribution in [3.05, 3.63) is 71.5 Å². The quantitative estimate of drug-likeness (QED) is 0.600. The number of fused-ring (bicyclic) bond motifs is 1. The molecule has 1 unspecified atom stereocenters. The molecule has 1 aliphatic rings. The summed E-state index contributed by atoms with van der Waals surface area (Å²) in [6.45, 7) is 10.8. The highest BCUT2D eigenvalue weighted by atomic mass is 15.3. The second-order valence-corrected chi connectivity index (χ2v) is 8.00. The van der Waals surface area contributed by atoms with E-state index in [2.05, 4.69) is 86.4 Å². The van der Waals surface area contributed by atoms with Gasteiger partial charge in [0.25, 0.3) is 0 Å². The third kappa shape index (κ3) is 3.51. The third-order valence-corrected chi connectivity index (χ3v) is 5.78. The van der Waals surface area contributed by atoms with Gasteiger partial charge in [-0.3, -0.25) is 4.68 Å². The van der Waals surface area contributed by atoms with Gasteiger partial charge in [-0.1, -0.05) is 44.2 Å². The maximum Gasteiger partial charge on any atom is 0.0568 e. The number of benzene rings is 2. The Morgan fingerprint density at radius 1 is 1.04 bits per heavy atom. The van der Waals surface area contributed by atoms with Gasteiger partial charge in [-0.15, -0.1) is 0 Å². The van der Waals surface area contributed by atoms with Gasteiger partial charge in [0.1, 0.15) is 0 Å². The van der Waals surface area contributed by atoms with Crippen LogP contribution < -0.4 is 4.90 Å². The van der Waals surface area contributed by atoms with Gasteiger partial charge >= 0.3 is 0 Å². The summed E-state index contributed by atoms with van der Waals surface area (Å²) in [5.74, 6) is 0.578. The zero-order chi connectivity index (χ0) is 19.0. The molecule has 2 aromatic carbocycles. The molecule has 0 N–H and O–H groups in total. The molecule has 0 spiro atoms. The van der Waals surface area contributed by atoms with Gasteiger partial charge in [0.05, 0.1) is 6.20 Å². The van der Waals surface area contributed by atoms with Crippen LogP contribution in [0.5, 0.6) is 0 Å². The molecule has 1 aliphatic heterocycles. The lowest BCUT2D eigenvalue weighted by Crippen LogP contribution is -2.38. The van der Waals surface area contributed by atoms with E-state index in [-0.39, 0.29) is 0 Å². The minimum absolute atomic E-state index is 0.496. The van der Waals surface area contributed by atoms with E-state index in [4.69, 9.17) is 0 Å². The number of aromatic nitrogens is 2. The lowest BCUT2D eigenvalue weighted by atomic mass is 9.91. The van der Waals surface area contributed by atoms with Gasteiger partial charge in [0.15, 0.2) is 0 Å². The van der Waals surface area contributed by atoms with E-state index in [0.29, 0.717) is 12.0 Å². The summed E-state index contributed by atoms with van der Waals surface area (Å²) in [6.07, 6.45) is 5.19. The Kier molecular flexibility index (Phi) is 4.77. The first-order chi connectivity index (χ1) is 13.0. The van der Waals surface area contributed by atoms with E-state index in [1.54, 1.807) is 0 Å². The van der Waals surface area contributed by atoms with Crippen molar-refractivity contribution < 1.29 is 0 Å². The molecule has 0 amide bonds. The SMILES string of the molecule is CCn1cc(-c2ccc3c(c2)CC(C)N(c2ccc(C(C)C)cc2)C3)cn1. The molecule has 27 heavy (non-hydrogen) atoms. The Balaban J connectivity index is 1.59. The van der Waals surface area contributed by atoms with Crippen LogP contribution in [0.25, 0.3) is 11.1 Å². The van der Waals surface area contributed by atoms with E-state index in [0.717, 1.165) is 19.5 Å². The number of hydrogen-bond donors (Lipinski definition) is 0. The van der Waals surface area contributed by atoms with Gasteiger partial charge in [-0.25, -0.2) is 0 Å². The summed E-state index contributed by atoms with van der Waals surface area (Å²) in [6, 6.07) is 16.5. The monoisotopic (exact) mass is 359 g/mol. The molecule has 0 saturated carbocycles. The fourth-order valence-electron chi connectivity index (χ4n) is 4.00. The standard InChI is InChI=1S/C24H29N3/c1-5-26-15-23(14-25-26)20-6-7-21-16-27(18(4)12-22(21)13-20)24-10-8-19(9-11-24)17(2)3/h6-11,13-15,17-18H,5,12,16H2,1-4H3. The number of rotatable bonds is 4. The van der Waals surface area contributed by atoms with Gasteiger partial charge in [-0.2, -0.15) is 5.10 Å². The summed E-state index contributed by atoms with van der Waals surface area (Å²) in [7, 11) is 0. The van der Waals surface area contributed by atoms with E-state index < -0.39 is 0 Å². The number of nitrogens with zero attached hydrogens (tertiary/aromatic N) is 3. The minimum Gasteiger partial charge on any atom is -0.364 e. The molecule has 140 valence electrons. The fraction of sp³-hybridized carbons (Fsp3) is 0.375. The summed E-state index contributed by atoms with van der Waals surface area (Å²) in [5, 5.41) is 4.42. The van der Waals surface area contributed by atoms with Crippen LogP contribution in [0.1, 0.15) is 50.3 Å². The lowest BCUT2D eigenvalue weighted by Gasteiger charge is -2.37. The Morgan fingerprint density at radius 2 is 1.81 bits per heavy atom. The maximum absolute atomic E-state index is 4.42. The van der Waals surface area contributed by atoms with Crippen molar-refractivity contribution in [1.82, 2.24) is 9.78 Å². The third-order valence-electron chi connectivity index (χ3n) is 5.78. The normalized spacial score (nSPS) is 16.6. The van der Waals surface area contributed by atoms with E-state index >= 15 is 0 Å². The van der Waals surface area contributed by atoms with Gasteiger partial charge in [0, 0.05) is 36.6 Å². The first kappa shape index (κ1) is 17.8. The molecule has 1 aromatic heterocycles. The van der Waals surface area contributed by atoms with Crippen LogP contribution in [-0.2, 0) is 19.5 Å². The maximum atomic E-state index is 4.42. The second kappa shape index (κ2) is 7.22. The summed E-state index contributed by atoms with van der Waals surface area (Å²) < 4.78 is 1.99. The first-order valence-electron chi connectivity index (χ1n) is 10.1. The largest absolute Gasteiger partial charge is 0.364 e. The molecule has 0 fully saturated rings. The zero-order valence-corrected chi connectivity index (χ0v) is 16.8. The van der Waals surface area contributed by atoms with E-state index in [1.165, 1.54) is 33.5 Å². The number of hydrogen-bond acceptors (Lipinski definition) is 2. The van der Waals surface area contributed by atoms with Gasteiger partial charge < -0.3 is 4.90 Å². The predicted octanol–water partition coefficient (Wildman–Crippen LogP) is 5.64. The highest BCUT2D eigenvalue weighted by molar-refractivity contribution is 5.64. The van der Waals surface area contributed by atoms with Gasteiger partial charge in [0.2, 0.25) is 0 Å². The second-order valence-electron chi connectivity index (χ2n) is 8.00. The van der Waals surface area contributed by atoms with Crippen molar-refractivity contribution in [2.24, 2.45) is 0 Å². The predicted molar refractivity (Wildman–Crippen MR) is 113 cm³/mol. The molecule has 3 heteroatoms. The van der Waals surface area contributed by atoms with Gasteiger partial charge in [-0.05, 0) is 60.6 Å². The Hall–Kier alpha value is -2.55. The van der Waals surface area contributed by atoms with E-state index in [9.17, 15) is 0 Å². The molecule has 4 rings (SSSR count). The number of aryl methyl sites for hydroxylation is 1. The van der Waals surface area contributed by atoms with Crippen LogP contribution in [0.15, 0.2) is 54.9 Å². The molecule has 1 atom stereocenters. The first-order valence-corrected chi connectivity index (χ1v) is 10.1. The van der Waals surface area contributed by atoms with Crippen molar-refractivity contribution in [2.45, 2.75) is 59.2 Å². The molecular weight excluding hydrogens is 330 g/mol. The topological polar surface area (TPSA) is 21.1 Å². The van der Waals surface area contributed by atoms with E-state index in [1.807, 2.05) is 10.9 Å². The molecular formula is C24H29N3. The fourth-order valence-corrected chi connectivity index (χ4v) is 4.00. The number of anilines is 1. The van der Waals surface area contributed by atoms with Crippen LogP contribution in [-0.4, -0.2) is 15.8 Å². The van der Waals surface area contributed by atoms with Crippen LogP contribution in [0.3, 0.4) is 0 Å². The minimum atomic E-state index is 0.496. The molecule has 0 radical (unpaired) electrons. The highest BCUT2D eigenvalue weighted by Crippen LogP contribution is 2.32. The Labute approximate surface area is 162 Å². The molecule has 2 heterocycles. The Bertz CT molecular complexity index is 921. The van der Waals surface area contributed by atoms with Crippen LogP contribution in [0.4, 0.5) is 5.69 Å². The van der Waals surface area contributed by atoms with Crippen LogP contribution in [0, 0.1) is 0 Å². The molecule has 3 nitrogen and oxygen atoms in total. The lowest BCUT2D eigenvalue weighted by molar-refractivity contribution is 0.593. The van der Waals surface area contributed by atoms with Crippen molar-refractivity contribution in [1.29, 1.82) is 0 Å². The molecule has 0 bridgehead atoms. The molecule has 0 aliphatic carbocycles. The van der Waals surface area contributed by atoms with Crippen molar-refractivity contribution >= 4 is 5.69 Å². The molecule has 3 aromatic rings. The van der Waals surface area contributed by atoms with Crippen molar-refractivity contribution in [2.75, 3.05) is 4.90 Å². The smallest absolute Gasteiger partial charge is 0.0568 e. The average Bonchev–Trinajstić information content (AvgIpc) is 3.16. The highest BCUT2D eigenvalue weighted by Gasteiger charge is 2.23. The summed E-state index contributed by atoms with van der Waals surface area (Å²) in [5.41, 5.74) is 8.12. The Morgan fingerprint density at radius 3 is 2.48 bits per heavy atom. The van der Waals surface area contributed by atoms with Crippen LogP contribution in [0.2, 0.25) is 0 Å². The van der Waals surface area contributed by atoms with Crippen molar-refractivity contribution in [3.8, 4) is 11.1 Å². The van der Waals surface area contributed by atoms with Crippen molar-refractivity contribution in [3.63, 3.8) is 0 Å². The van der Waals surface area contributed by atoms with Crippen LogP contribution >= 0.6 is 0 Å².